The van der Waals surface area contributed by atoms with Gasteiger partial charge in [0.1, 0.15) is 18.5 Å². The average molecular weight is 602 g/mol. The standard InChI is InChI=1S/C32H35N5O7/c1-5-26-35-30(33-16-24(22-12-8-6-9-13-22)23-14-10-7-11-15-23)27-31(36-26)37(18-34-27)32-29(43-21(4)40)28(42-20(3)39)25(44-32)17-41-19(2)38/h6-15,18,24-25,28-29,32H,5,16-17H2,1-4H3,(H,33,35,36)/t25-,28-,29-,32-/m1/s1. The van der Waals surface area contributed by atoms with Crippen molar-refractivity contribution in [3.63, 3.8) is 0 Å². The van der Waals surface area contributed by atoms with Crippen LogP contribution in [-0.4, -0.2) is 68.9 Å². The molecule has 0 amide bonds. The number of rotatable bonds is 11. The van der Waals surface area contributed by atoms with Gasteiger partial charge in [-0.05, 0) is 11.1 Å². The van der Waals surface area contributed by atoms with Gasteiger partial charge in [-0.15, -0.1) is 0 Å². The van der Waals surface area contributed by atoms with E-state index >= 15 is 0 Å². The molecular weight excluding hydrogens is 566 g/mol. The highest BCUT2D eigenvalue weighted by Crippen LogP contribution is 2.37. The molecule has 4 aromatic rings. The summed E-state index contributed by atoms with van der Waals surface area (Å²) in [6.07, 6.45) is -1.93. The fourth-order valence-corrected chi connectivity index (χ4v) is 5.34. The Bertz CT molecular complexity index is 1570. The number of nitrogens with one attached hydrogen (secondary N) is 1. The maximum Gasteiger partial charge on any atom is 0.303 e. The highest BCUT2D eigenvalue weighted by atomic mass is 16.7. The summed E-state index contributed by atoms with van der Waals surface area (Å²) in [4.78, 5) is 49.8. The van der Waals surface area contributed by atoms with Gasteiger partial charge in [0.15, 0.2) is 35.4 Å². The number of imidazole rings is 1. The Labute approximate surface area is 254 Å². The number of carbonyl (C=O) groups is 3. The zero-order valence-electron chi connectivity index (χ0n) is 25.0. The van der Waals surface area contributed by atoms with Crippen LogP contribution in [0.4, 0.5) is 5.82 Å². The van der Waals surface area contributed by atoms with Crippen LogP contribution in [0.3, 0.4) is 0 Å². The molecule has 12 heteroatoms. The van der Waals surface area contributed by atoms with Crippen LogP contribution in [0.5, 0.6) is 0 Å². The molecular formula is C32H35N5O7. The quantitative estimate of drug-likeness (QED) is 0.197. The van der Waals surface area contributed by atoms with Gasteiger partial charge in [-0.2, -0.15) is 0 Å². The number of hydrogen-bond donors (Lipinski definition) is 1. The van der Waals surface area contributed by atoms with Crippen molar-refractivity contribution in [2.45, 2.75) is 64.6 Å². The van der Waals surface area contributed by atoms with Gasteiger partial charge in [0.25, 0.3) is 0 Å². The molecule has 44 heavy (non-hydrogen) atoms. The molecule has 1 fully saturated rings. The molecule has 0 saturated carbocycles. The number of fused-ring (bicyclic) bond motifs is 1. The molecule has 0 radical (unpaired) electrons. The second-order valence-corrected chi connectivity index (χ2v) is 10.4. The van der Waals surface area contributed by atoms with Gasteiger partial charge in [0, 0.05) is 39.7 Å². The molecule has 0 bridgehead atoms. The summed E-state index contributed by atoms with van der Waals surface area (Å²) in [7, 11) is 0. The van der Waals surface area contributed by atoms with Crippen molar-refractivity contribution in [3.05, 3.63) is 83.9 Å². The fourth-order valence-electron chi connectivity index (χ4n) is 5.34. The molecule has 1 saturated heterocycles. The number of ether oxygens (including phenoxy) is 4. The minimum Gasteiger partial charge on any atom is -0.463 e. The molecule has 2 aromatic carbocycles. The number of benzene rings is 2. The molecule has 5 rings (SSSR count). The summed E-state index contributed by atoms with van der Waals surface area (Å²) in [6, 6.07) is 20.4. The van der Waals surface area contributed by atoms with Crippen LogP contribution in [0.1, 0.15) is 56.8 Å². The molecule has 2 aromatic heterocycles. The third-order valence-electron chi connectivity index (χ3n) is 7.28. The smallest absolute Gasteiger partial charge is 0.303 e. The van der Waals surface area contributed by atoms with Gasteiger partial charge in [0.2, 0.25) is 0 Å². The first-order valence-electron chi connectivity index (χ1n) is 14.5. The summed E-state index contributed by atoms with van der Waals surface area (Å²) in [5, 5.41) is 3.50. The van der Waals surface area contributed by atoms with E-state index in [-0.39, 0.29) is 12.5 Å². The maximum absolute atomic E-state index is 12.2. The monoisotopic (exact) mass is 601 g/mol. The van der Waals surface area contributed by atoms with E-state index in [9.17, 15) is 14.4 Å². The predicted octanol–water partition coefficient (Wildman–Crippen LogP) is 3.96. The molecule has 4 atom stereocenters. The van der Waals surface area contributed by atoms with E-state index in [0.717, 1.165) is 11.1 Å². The molecule has 230 valence electrons. The second kappa shape index (κ2) is 13.6. The van der Waals surface area contributed by atoms with E-state index in [1.54, 1.807) is 4.57 Å². The molecule has 1 N–H and O–H groups in total. The Morgan fingerprint density at radius 3 is 2.07 bits per heavy atom. The number of esters is 3. The van der Waals surface area contributed by atoms with Crippen molar-refractivity contribution >= 4 is 34.9 Å². The first-order chi connectivity index (χ1) is 21.2. The summed E-state index contributed by atoms with van der Waals surface area (Å²) >= 11 is 0. The number of aryl methyl sites for hydroxylation is 1. The van der Waals surface area contributed by atoms with Gasteiger partial charge < -0.3 is 24.3 Å². The zero-order chi connectivity index (χ0) is 31.2. The Kier molecular flexibility index (Phi) is 9.49. The van der Waals surface area contributed by atoms with Crippen LogP contribution in [0, 0.1) is 0 Å². The highest BCUT2D eigenvalue weighted by Gasteiger charge is 2.51. The molecule has 12 nitrogen and oxygen atoms in total. The Hall–Kier alpha value is -4.84. The van der Waals surface area contributed by atoms with Crippen molar-refractivity contribution in [2.24, 2.45) is 0 Å². The Balaban J connectivity index is 1.51. The zero-order valence-corrected chi connectivity index (χ0v) is 25.0. The first-order valence-corrected chi connectivity index (χ1v) is 14.5. The molecule has 1 aliphatic rings. The van der Waals surface area contributed by atoms with Crippen LogP contribution in [0.15, 0.2) is 67.0 Å². The highest BCUT2D eigenvalue weighted by molar-refractivity contribution is 5.83. The van der Waals surface area contributed by atoms with Gasteiger partial charge in [-0.3, -0.25) is 19.0 Å². The third-order valence-corrected chi connectivity index (χ3v) is 7.28. The number of nitrogens with zero attached hydrogens (tertiary/aromatic N) is 4. The SMILES string of the molecule is CCc1nc(NCC(c2ccccc2)c2ccccc2)c2ncn([C@@H]3O[C@H](COC(C)=O)[C@@H](OC(C)=O)[C@H]3OC(C)=O)c2n1. The van der Waals surface area contributed by atoms with Crippen molar-refractivity contribution < 1.29 is 33.3 Å². The van der Waals surface area contributed by atoms with Crippen molar-refractivity contribution in [2.75, 3.05) is 18.5 Å². The minimum atomic E-state index is -1.06. The van der Waals surface area contributed by atoms with E-state index in [1.807, 2.05) is 43.3 Å². The van der Waals surface area contributed by atoms with Gasteiger partial charge in [0.05, 0.1) is 6.33 Å². The number of aromatic nitrogens is 4. The molecule has 1 aliphatic heterocycles. The largest absolute Gasteiger partial charge is 0.463 e. The lowest BCUT2D eigenvalue weighted by Crippen LogP contribution is -2.40. The lowest BCUT2D eigenvalue weighted by Gasteiger charge is -2.24. The normalized spacial score (nSPS) is 19.6. The van der Waals surface area contributed by atoms with Crippen LogP contribution in [-0.2, 0) is 39.8 Å². The van der Waals surface area contributed by atoms with Crippen molar-refractivity contribution in [1.29, 1.82) is 0 Å². The number of carbonyl (C=O) groups excluding carboxylic acids is 3. The van der Waals surface area contributed by atoms with Crippen LogP contribution in [0.2, 0.25) is 0 Å². The summed E-state index contributed by atoms with van der Waals surface area (Å²) in [5.41, 5.74) is 3.22. The summed E-state index contributed by atoms with van der Waals surface area (Å²) in [5.74, 6) is -0.598. The average Bonchev–Trinajstić information content (AvgIpc) is 3.57. The predicted molar refractivity (Wildman–Crippen MR) is 160 cm³/mol. The summed E-state index contributed by atoms with van der Waals surface area (Å²) < 4.78 is 24.2. The van der Waals surface area contributed by atoms with E-state index < -0.39 is 42.4 Å². The maximum atomic E-state index is 12.2. The van der Waals surface area contributed by atoms with Gasteiger partial charge >= 0.3 is 17.9 Å². The summed E-state index contributed by atoms with van der Waals surface area (Å²) in [6.45, 7) is 6.02. The Morgan fingerprint density at radius 1 is 0.886 bits per heavy atom. The van der Waals surface area contributed by atoms with E-state index in [2.05, 4.69) is 34.6 Å². The first kappa shape index (κ1) is 30.6. The minimum absolute atomic E-state index is 0.0348. The van der Waals surface area contributed by atoms with Crippen LogP contribution < -0.4 is 5.32 Å². The second-order valence-electron chi connectivity index (χ2n) is 10.4. The fraction of sp³-hybridized carbons (Fsp3) is 0.375. The van der Waals surface area contributed by atoms with Gasteiger partial charge in [-0.1, -0.05) is 67.6 Å². The van der Waals surface area contributed by atoms with Crippen molar-refractivity contribution in [1.82, 2.24) is 19.5 Å². The third kappa shape index (κ3) is 6.86. The lowest BCUT2D eigenvalue weighted by atomic mass is 9.91. The van der Waals surface area contributed by atoms with Crippen molar-refractivity contribution in [3.8, 4) is 0 Å². The molecule has 0 spiro atoms. The van der Waals surface area contributed by atoms with E-state index in [4.69, 9.17) is 28.9 Å². The molecule has 0 aliphatic carbocycles. The topological polar surface area (TPSA) is 144 Å². The number of hydrogen-bond acceptors (Lipinski definition) is 11. The Morgan fingerprint density at radius 2 is 1.50 bits per heavy atom. The van der Waals surface area contributed by atoms with Crippen LogP contribution >= 0.6 is 0 Å². The molecule has 3 heterocycles. The lowest BCUT2D eigenvalue weighted by molar-refractivity contribution is -0.166. The van der Waals surface area contributed by atoms with E-state index in [0.29, 0.717) is 35.8 Å². The van der Waals surface area contributed by atoms with Crippen LogP contribution in [0.25, 0.3) is 11.2 Å². The molecule has 0 unspecified atom stereocenters. The van der Waals surface area contributed by atoms with E-state index in [1.165, 1.54) is 27.1 Å². The van der Waals surface area contributed by atoms with Gasteiger partial charge in [-0.25, -0.2) is 15.0 Å². The number of anilines is 1.